The highest BCUT2D eigenvalue weighted by Crippen LogP contribution is 2.38. The molecule has 0 unspecified atom stereocenters. The van der Waals surface area contributed by atoms with Gasteiger partial charge in [0.2, 0.25) is 6.79 Å². The van der Waals surface area contributed by atoms with E-state index >= 15 is 0 Å². The highest BCUT2D eigenvalue weighted by atomic mass is 16.7. The van der Waals surface area contributed by atoms with E-state index in [0.29, 0.717) is 18.9 Å². The highest BCUT2D eigenvalue weighted by Gasteiger charge is 2.17. The minimum Gasteiger partial charge on any atom is -0.488 e. The van der Waals surface area contributed by atoms with Crippen LogP contribution in [0.3, 0.4) is 0 Å². The van der Waals surface area contributed by atoms with Crippen LogP contribution in [0.4, 0.5) is 0 Å². The second-order valence-corrected chi connectivity index (χ2v) is 4.68. The van der Waals surface area contributed by atoms with Gasteiger partial charge in [-0.2, -0.15) is 0 Å². The van der Waals surface area contributed by atoms with Gasteiger partial charge in [-0.3, -0.25) is 4.98 Å². The van der Waals surface area contributed by atoms with Crippen LogP contribution in [-0.2, 0) is 13.2 Å². The fraction of sp³-hybridized carbons (Fsp3) is 0.267. The Morgan fingerprint density at radius 1 is 1.20 bits per heavy atom. The molecular formula is C15H16N2O3. The lowest BCUT2D eigenvalue weighted by Gasteiger charge is -2.11. The summed E-state index contributed by atoms with van der Waals surface area (Å²) in [5.74, 6) is 2.13. The van der Waals surface area contributed by atoms with Gasteiger partial charge >= 0.3 is 0 Å². The minimum absolute atomic E-state index is 0.241. The maximum Gasteiger partial charge on any atom is 0.231 e. The fourth-order valence-electron chi connectivity index (χ4n) is 2.12. The first kappa shape index (κ1) is 12.7. The Bertz CT molecular complexity index is 629. The number of hydrogen-bond acceptors (Lipinski definition) is 5. The molecular weight excluding hydrogens is 256 g/mol. The van der Waals surface area contributed by atoms with Gasteiger partial charge in [-0.1, -0.05) is 0 Å². The zero-order valence-electron chi connectivity index (χ0n) is 11.3. The van der Waals surface area contributed by atoms with Crippen molar-refractivity contribution in [3.05, 3.63) is 47.3 Å². The summed E-state index contributed by atoms with van der Waals surface area (Å²) < 4.78 is 16.5. The Kier molecular flexibility index (Phi) is 3.43. The Morgan fingerprint density at radius 2 is 2.00 bits per heavy atom. The van der Waals surface area contributed by atoms with Crippen molar-refractivity contribution in [2.75, 3.05) is 6.79 Å². The molecule has 0 spiro atoms. The van der Waals surface area contributed by atoms with Gasteiger partial charge < -0.3 is 19.9 Å². The van der Waals surface area contributed by atoms with Gasteiger partial charge in [-0.25, -0.2) is 0 Å². The summed E-state index contributed by atoms with van der Waals surface area (Å²) >= 11 is 0. The van der Waals surface area contributed by atoms with Gasteiger partial charge in [-0.05, 0) is 24.6 Å². The lowest BCUT2D eigenvalue weighted by atomic mass is 10.1. The summed E-state index contributed by atoms with van der Waals surface area (Å²) in [6.07, 6.45) is 3.61. The number of rotatable bonds is 4. The topological polar surface area (TPSA) is 66.6 Å². The molecule has 0 radical (unpaired) electrons. The summed E-state index contributed by atoms with van der Waals surface area (Å²) in [7, 11) is 0. The van der Waals surface area contributed by atoms with Crippen molar-refractivity contribution < 1.29 is 14.2 Å². The molecule has 20 heavy (non-hydrogen) atoms. The molecule has 1 aliphatic rings. The van der Waals surface area contributed by atoms with E-state index in [2.05, 4.69) is 4.98 Å². The largest absolute Gasteiger partial charge is 0.488 e. The molecule has 3 rings (SSSR count). The van der Waals surface area contributed by atoms with Gasteiger partial charge in [-0.15, -0.1) is 0 Å². The van der Waals surface area contributed by atoms with Crippen LogP contribution >= 0.6 is 0 Å². The third kappa shape index (κ3) is 2.53. The van der Waals surface area contributed by atoms with Crippen LogP contribution in [0.25, 0.3) is 0 Å². The monoisotopic (exact) mass is 272 g/mol. The summed E-state index contributed by atoms with van der Waals surface area (Å²) in [6.45, 7) is 3.08. The number of benzene rings is 1. The summed E-state index contributed by atoms with van der Waals surface area (Å²) in [5.41, 5.74) is 8.77. The van der Waals surface area contributed by atoms with Crippen molar-refractivity contribution in [2.24, 2.45) is 5.73 Å². The molecule has 1 aliphatic heterocycles. The maximum absolute atomic E-state index is 5.84. The van der Waals surface area contributed by atoms with Crippen molar-refractivity contribution >= 4 is 0 Å². The van der Waals surface area contributed by atoms with Crippen molar-refractivity contribution in [3.8, 4) is 17.2 Å². The molecule has 1 aromatic carbocycles. The third-order valence-electron chi connectivity index (χ3n) is 3.10. The van der Waals surface area contributed by atoms with Gasteiger partial charge in [0.1, 0.15) is 12.4 Å². The first-order chi connectivity index (χ1) is 9.76. The van der Waals surface area contributed by atoms with Crippen molar-refractivity contribution in [2.45, 2.75) is 20.1 Å². The van der Waals surface area contributed by atoms with Crippen molar-refractivity contribution in [1.29, 1.82) is 0 Å². The number of pyridine rings is 1. The predicted octanol–water partition coefficient (Wildman–Crippen LogP) is 2.16. The molecule has 2 heterocycles. The van der Waals surface area contributed by atoms with E-state index in [1.807, 2.05) is 31.3 Å². The van der Waals surface area contributed by atoms with Crippen LogP contribution in [0.2, 0.25) is 0 Å². The predicted molar refractivity (Wildman–Crippen MR) is 73.8 cm³/mol. The van der Waals surface area contributed by atoms with E-state index in [9.17, 15) is 0 Å². The van der Waals surface area contributed by atoms with Gasteiger partial charge in [0, 0.05) is 36.1 Å². The molecule has 0 atom stereocenters. The number of ether oxygens (including phenoxy) is 3. The maximum atomic E-state index is 5.84. The lowest BCUT2D eigenvalue weighted by Crippen LogP contribution is -2.03. The molecule has 2 N–H and O–H groups in total. The number of fused-ring (bicyclic) bond motifs is 1. The van der Waals surface area contributed by atoms with E-state index < -0.39 is 0 Å². The summed E-state index contributed by atoms with van der Waals surface area (Å²) in [4.78, 5) is 4.15. The van der Waals surface area contributed by atoms with Crippen molar-refractivity contribution in [1.82, 2.24) is 4.98 Å². The molecule has 1 aromatic heterocycles. The number of hydrogen-bond donors (Lipinski definition) is 1. The lowest BCUT2D eigenvalue weighted by molar-refractivity contribution is 0.173. The van der Waals surface area contributed by atoms with Gasteiger partial charge in [0.15, 0.2) is 11.5 Å². The number of nitrogens with zero attached hydrogens (tertiary/aromatic N) is 1. The third-order valence-corrected chi connectivity index (χ3v) is 3.10. The van der Waals surface area contributed by atoms with E-state index in [-0.39, 0.29) is 6.79 Å². The number of aromatic nitrogens is 1. The molecule has 0 aliphatic carbocycles. The van der Waals surface area contributed by atoms with Crippen LogP contribution < -0.4 is 19.9 Å². The Morgan fingerprint density at radius 3 is 2.75 bits per heavy atom. The first-order valence-electron chi connectivity index (χ1n) is 6.42. The zero-order valence-corrected chi connectivity index (χ0v) is 11.3. The fourth-order valence-corrected chi connectivity index (χ4v) is 2.12. The second kappa shape index (κ2) is 5.38. The van der Waals surface area contributed by atoms with E-state index in [4.69, 9.17) is 19.9 Å². The number of aryl methyl sites for hydroxylation is 1. The molecule has 5 nitrogen and oxygen atoms in total. The van der Waals surface area contributed by atoms with Crippen LogP contribution in [0.1, 0.15) is 16.7 Å². The average Bonchev–Trinajstić information content (AvgIpc) is 2.91. The average molecular weight is 272 g/mol. The number of nitrogens with two attached hydrogens (primary N) is 1. The molecule has 0 bridgehead atoms. The SMILES string of the molecule is Cc1cncc(COc2cc3c(cc2CN)OCO3)c1. The molecule has 104 valence electrons. The first-order valence-corrected chi connectivity index (χ1v) is 6.42. The summed E-state index contributed by atoms with van der Waals surface area (Å²) in [6, 6.07) is 5.74. The van der Waals surface area contributed by atoms with Crippen LogP contribution in [0, 0.1) is 6.92 Å². The van der Waals surface area contributed by atoms with E-state index in [0.717, 1.165) is 28.2 Å². The summed E-state index contributed by atoms with van der Waals surface area (Å²) in [5, 5.41) is 0. The highest BCUT2D eigenvalue weighted by molar-refractivity contribution is 5.51. The Hall–Kier alpha value is -2.27. The van der Waals surface area contributed by atoms with Crippen LogP contribution in [-0.4, -0.2) is 11.8 Å². The van der Waals surface area contributed by atoms with E-state index in [1.54, 1.807) is 6.20 Å². The molecule has 0 saturated heterocycles. The molecule has 0 amide bonds. The Balaban J connectivity index is 1.80. The second-order valence-electron chi connectivity index (χ2n) is 4.68. The van der Waals surface area contributed by atoms with Gasteiger partial charge in [0.05, 0.1) is 0 Å². The molecule has 0 fully saturated rings. The van der Waals surface area contributed by atoms with Crippen molar-refractivity contribution in [3.63, 3.8) is 0 Å². The Labute approximate surface area is 117 Å². The quantitative estimate of drug-likeness (QED) is 0.923. The molecule has 2 aromatic rings. The molecule has 0 saturated carbocycles. The zero-order chi connectivity index (χ0) is 13.9. The van der Waals surface area contributed by atoms with Crippen LogP contribution in [0.15, 0.2) is 30.6 Å². The van der Waals surface area contributed by atoms with Crippen LogP contribution in [0.5, 0.6) is 17.2 Å². The minimum atomic E-state index is 0.241. The smallest absolute Gasteiger partial charge is 0.231 e. The normalized spacial score (nSPS) is 12.5. The van der Waals surface area contributed by atoms with Gasteiger partial charge in [0.25, 0.3) is 0 Å². The molecule has 5 heteroatoms. The standard InChI is InChI=1S/C15H16N2O3/c1-10-2-11(7-17-6-10)8-18-13-4-15-14(19-9-20-15)3-12(13)5-16/h2-4,6-7H,5,8-9,16H2,1H3. The van der Waals surface area contributed by atoms with E-state index in [1.165, 1.54) is 0 Å².